The molecule has 0 fully saturated rings. The molecule has 21 heavy (non-hydrogen) atoms. The normalized spacial score (nSPS) is 16.4. The van der Waals surface area contributed by atoms with Crippen molar-refractivity contribution in [2.75, 3.05) is 12.4 Å². The lowest BCUT2D eigenvalue weighted by Gasteiger charge is -2.13. The van der Waals surface area contributed by atoms with Crippen LogP contribution in [-0.4, -0.2) is 23.3 Å². The second kappa shape index (κ2) is 5.87. The van der Waals surface area contributed by atoms with Gasteiger partial charge in [-0.2, -0.15) is 0 Å². The van der Waals surface area contributed by atoms with Crippen LogP contribution in [0, 0.1) is 0 Å². The fourth-order valence-corrected chi connectivity index (χ4v) is 3.12. The molecule has 0 spiro atoms. The van der Waals surface area contributed by atoms with Gasteiger partial charge < -0.3 is 10.1 Å². The first-order valence-electron chi connectivity index (χ1n) is 6.39. The molecule has 1 aliphatic carbocycles. The van der Waals surface area contributed by atoms with Crippen LogP contribution < -0.4 is 15.4 Å². The minimum atomic E-state index is -0.304. The third-order valence-electron chi connectivity index (χ3n) is 3.29. The smallest absolute Gasteiger partial charge is 0.321 e. The summed E-state index contributed by atoms with van der Waals surface area (Å²) in [4.78, 5) is 12.0. The molecule has 6 nitrogen and oxygen atoms in total. The van der Waals surface area contributed by atoms with E-state index in [4.69, 9.17) is 16.3 Å². The number of anilines is 1. The molecule has 2 amide bonds. The van der Waals surface area contributed by atoms with E-state index in [1.807, 2.05) is 18.2 Å². The summed E-state index contributed by atoms with van der Waals surface area (Å²) in [5.41, 5.74) is 2.30. The van der Waals surface area contributed by atoms with E-state index >= 15 is 0 Å². The van der Waals surface area contributed by atoms with Crippen LogP contribution in [0.15, 0.2) is 18.2 Å². The van der Waals surface area contributed by atoms with Crippen molar-refractivity contribution in [2.45, 2.75) is 18.9 Å². The Hall–Kier alpha value is -1.86. The van der Waals surface area contributed by atoms with Gasteiger partial charge >= 0.3 is 6.03 Å². The maximum atomic E-state index is 12.0. The Bertz CT molecular complexity index is 676. The minimum absolute atomic E-state index is 0.00733. The molecular formula is C13H13ClN4O2S. The predicted octanol–water partition coefficient (Wildman–Crippen LogP) is 3.01. The predicted molar refractivity (Wildman–Crippen MR) is 81.1 cm³/mol. The van der Waals surface area contributed by atoms with Crippen LogP contribution in [0.4, 0.5) is 9.93 Å². The lowest BCUT2D eigenvalue weighted by molar-refractivity contribution is 0.248. The van der Waals surface area contributed by atoms with Crippen LogP contribution in [0.3, 0.4) is 0 Å². The quantitative estimate of drug-likeness (QED) is 0.910. The molecule has 1 aliphatic rings. The van der Waals surface area contributed by atoms with Gasteiger partial charge in [-0.1, -0.05) is 22.8 Å². The minimum Gasteiger partial charge on any atom is -0.472 e. The number of hydrogen-bond donors (Lipinski definition) is 2. The zero-order valence-corrected chi connectivity index (χ0v) is 12.8. The number of nitrogens with one attached hydrogen (secondary N) is 2. The number of amides is 2. The van der Waals surface area contributed by atoms with Gasteiger partial charge in [0.1, 0.15) is 0 Å². The topological polar surface area (TPSA) is 76.1 Å². The Labute approximate surface area is 130 Å². The standard InChI is InChI=1S/C13H13ClN4O2S/c1-20-13-18-17-12(21-13)16-11(19)15-10-5-2-7-6-8(14)3-4-9(7)10/h3-4,6,10H,2,5H2,1H3,(H2,15,16,17,19)/t10-/m1/s1. The first kappa shape index (κ1) is 14.1. The molecule has 1 heterocycles. The average molecular weight is 325 g/mol. The molecule has 0 unspecified atom stereocenters. The van der Waals surface area contributed by atoms with Crippen LogP contribution in [0.1, 0.15) is 23.6 Å². The van der Waals surface area contributed by atoms with Crippen molar-refractivity contribution in [3.05, 3.63) is 34.3 Å². The molecule has 2 aromatic rings. The monoisotopic (exact) mass is 324 g/mol. The number of ether oxygens (including phenoxy) is 1. The van der Waals surface area contributed by atoms with Gasteiger partial charge in [-0.3, -0.25) is 5.32 Å². The van der Waals surface area contributed by atoms with E-state index in [1.54, 1.807) is 0 Å². The molecule has 2 N–H and O–H groups in total. The summed E-state index contributed by atoms with van der Waals surface area (Å²) >= 11 is 7.15. The van der Waals surface area contributed by atoms with Gasteiger partial charge in [-0.25, -0.2) is 4.79 Å². The van der Waals surface area contributed by atoms with Crippen LogP contribution in [0.5, 0.6) is 5.19 Å². The van der Waals surface area contributed by atoms with Crippen LogP contribution in [0.25, 0.3) is 0 Å². The Balaban J connectivity index is 1.64. The highest BCUT2D eigenvalue weighted by Gasteiger charge is 2.24. The van der Waals surface area contributed by atoms with E-state index in [0.717, 1.165) is 23.4 Å². The van der Waals surface area contributed by atoms with Gasteiger partial charge in [-0.15, -0.1) is 5.10 Å². The van der Waals surface area contributed by atoms with E-state index in [-0.39, 0.29) is 12.1 Å². The summed E-state index contributed by atoms with van der Waals surface area (Å²) in [6.07, 6.45) is 1.77. The molecule has 0 saturated heterocycles. The van der Waals surface area contributed by atoms with E-state index in [0.29, 0.717) is 10.3 Å². The van der Waals surface area contributed by atoms with Crippen molar-refractivity contribution in [1.29, 1.82) is 0 Å². The second-order valence-electron chi connectivity index (χ2n) is 4.61. The number of halogens is 1. The summed E-state index contributed by atoms with van der Waals surface area (Å²) in [5, 5.41) is 14.7. The van der Waals surface area contributed by atoms with Crippen molar-refractivity contribution in [2.24, 2.45) is 0 Å². The zero-order chi connectivity index (χ0) is 14.8. The maximum absolute atomic E-state index is 12.0. The largest absolute Gasteiger partial charge is 0.472 e. The van der Waals surface area contributed by atoms with Crippen molar-refractivity contribution >= 4 is 34.1 Å². The Morgan fingerprint density at radius 3 is 3.10 bits per heavy atom. The summed E-state index contributed by atoms with van der Waals surface area (Å²) < 4.78 is 4.93. The summed E-state index contributed by atoms with van der Waals surface area (Å²) in [7, 11) is 1.50. The SMILES string of the molecule is COc1nnc(NC(=O)N[C@@H]2CCc3cc(Cl)ccc32)s1. The molecule has 8 heteroatoms. The summed E-state index contributed by atoms with van der Waals surface area (Å²) in [6, 6.07) is 5.44. The van der Waals surface area contributed by atoms with Gasteiger partial charge in [-0.05, 0) is 47.4 Å². The molecule has 1 aromatic carbocycles. The molecule has 0 bridgehead atoms. The number of aromatic nitrogens is 2. The van der Waals surface area contributed by atoms with Gasteiger partial charge in [0.25, 0.3) is 5.19 Å². The number of carbonyl (C=O) groups is 1. The van der Waals surface area contributed by atoms with Crippen LogP contribution in [0.2, 0.25) is 5.02 Å². The lowest BCUT2D eigenvalue weighted by Crippen LogP contribution is -2.31. The van der Waals surface area contributed by atoms with E-state index in [1.165, 1.54) is 24.0 Å². The van der Waals surface area contributed by atoms with Crippen molar-refractivity contribution < 1.29 is 9.53 Å². The molecule has 1 atom stereocenters. The van der Waals surface area contributed by atoms with E-state index in [2.05, 4.69) is 20.8 Å². The van der Waals surface area contributed by atoms with Crippen molar-refractivity contribution in [3.8, 4) is 5.19 Å². The third kappa shape index (κ3) is 3.08. The molecule has 3 rings (SSSR count). The molecule has 0 aliphatic heterocycles. The number of carbonyl (C=O) groups excluding carboxylic acids is 1. The molecular weight excluding hydrogens is 312 g/mol. The third-order valence-corrected chi connectivity index (χ3v) is 4.32. The fraction of sp³-hybridized carbons (Fsp3) is 0.308. The zero-order valence-electron chi connectivity index (χ0n) is 11.2. The van der Waals surface area contributed by atoms with Crippen molar-refractivity contribution in [3.63, 3.8) is 0 Å². The Morgan fingerprint density at radius 2 is 2.33 bits per heavy atom. The Morgan fingerprint density at radius 1 is 1.48 bits per heavy atom. The number of urea groups is 1. The number of benzene rings is 1. The first-order chi connectivity index (χ1) is 10.2. The number of nitrogens with zero attached hydrogens (tertiary/aromatic N) is 2. The summed E-state index contributed by atoms with van der Waals surface area (Å²) in [5.74, 6) is 0. The molecule has 0 radical (unpaired) electrons. The van der Waals surface area contributed by atoms with Gasteiger partial charge in [0.15, 0.2) is 0 Å². The highest BCUT2D eigenvalue weighted by Crippen LogP contribution is 2.33. The second-order valence-corrected chi connectivity index (χ2v) is 5.99. The summed E-state index contributed by atoms with van der Waals surface area (Å²) in [6.45, 7) is 0. The lowest BCUT2D eigenvalue weighted by atomic mass is 10.1. The number of rotatable bonds is 3. The molecule has 0 saturated carbocycles. The first-order valence-corrected chi connectivity index (χ1v) is 7.58. The number of methoxy groups -OCH3 is 1. The number of aryl methyl sites for hydroxylation is 1. The van der Waals surface area contributed by atoms with Crippen molar-refractivity contribution in [1.82, 2.24) is 15.5 Å². The Kier molecular flexibility index (Phi) is 3.94. The van der Waals surface area contributed by atoms with Gasteiger partial charge in [0.05, 0.1) is 13.2 Å². The maximum Gasteiger partial charge on any atom is 0.321 e. The molecule has 1 aromatic heterocycles. The highest BCUT2D eigenvalue weighted by molar-refractivity contribution is 7.17. The highest BCUT2D eigenvalue weighted by atomic mass is 35.5. The van der Waals surface area contributed by atoms with Gasteiger partial charge in [0.2, 0.25) is 5.13 Å². The number of hydrogen-bond acceptors (Lipinski definition) is 5. The van der Waals surface area contributed by atoms with Crippen LogP contribution in [-0.2, 0) is 6.42 Å². The van der Waals surface area contributed by atoms with Crippen LogP contribution >= 0.6 is 22.9 Å². The van der Waals surface area contributed by atoms with E-state index in [9.17, 15) is 4.79 Å². The van der Waals surface area contributed by atoms with E-state index < -0.39 is 0 Å². The fourth-order valence-electron chi connectivity index (χ4n) is 2.37. The molecule has 110 valence electrons. The average Bonchev–Trinajstić information content (AvgIpc) is 3.06. The number of fused-ring (bicyclic) bond motifs is 1. The van der Waals surface area contributed by atoms with Gasteiger partial charge in [0, 0.05) is 5.02 Å².